The van der Waals surface area contributed by atoms with Crippen LogP contribution in [0.5, 0.6) is 5.75 Å². The van der Waals surface area contributed by atoms with E-state index in [1.54, 1.807) is 19.2 Å². The van der Waals surface area contributed by atoms with E-state index < -0.39 is 0 Å². The van der Waals surface area contributed by atoms with Gasteiger partial charge in [-0.15, -0.1) is 0 Å². The van der Waals surface area contributed by atoms with Gasteiger partial charge in [0.05, 0.1) is 12.8 Å². The number of imidazole rings is 1. The van der Waals surface area contributed by atoms with Crippen LogP contribution in [0.15, 0.2) is 85.1 Å². The molecule has 5 aromatic rings. The van der Waals surface area contributed by atoms with Crippen LogP contribution in [0, 0.1) is 0 Å². The van der Waals surface area contributed by atoms with Crippen LogP contribution in [0.4, 0.5) is 5.69 Å². The molecule has 0 spiro atoms. The van der Waals surface area contributed by atoms with Gasteiger partial charge in [0.25, 0.3) is 5.91 Å². The molecule has 3 heterocycles. The van der Waals surface area contributed by atoms with Gasteiger partial charge in [0.15, 0.2) is 0 Å². The molecule has 0 radical (unpaired) electrons. The molecule has 1 amide bonds. The van der Waals surface area contributed by atoms with E-state index in [0.29, 0.717) is 16.4 Å². The molecule has 3 aromatic carbocycles. The molecule has 6 heteroatoms. The molecule has 0 atom stereocenters. The van der Waals surface area contributed by atoms with Gasteiger partial charge in [-0.25, -0.2) is 0 Å². The fourth-order valence-corrected chi connectivity index (χ4v) is 5.46. The Morgan fingerprint density at radius 2 is 1.75 bits per heavy atom. The summed E-state index contributed by atoms with van der Waals surface area (Å²) in [6.45, 7) is 0.912. The van der Waals surface area contributed by atoms with Crippen molar-refractivity contribution in [3.63, 3.8) is 0 Å². The average Bonchev–Trinajstić information content (AvgIpc) is 3.32. The van der Waals surface area contributed by atoms with Crippen LogP contribution in [-0.4, -0.2) is 22.0 Å². The van der Waals surface area contributed by atoms with Gasteiger partial charge >= 0.3 is 0 Å². The number of aromatic nitrogens is 2. The molecule has 1 aliphatic rings. The van der Waals surface area contributed by atoms with Crippen molar-refractivity contribution in [3.8, 4) is 28.1 Å². The number of rotatable bonds is 5. The minimum absolute atomic E-state index is 0.165. The zero-order valence-electron chi connectivity index (χ0n) is 20.0. The Kier molecular flexibility index (Phi) is 5.78. The summed E-state index contributed by atoms with van der Waals surface area (Å²) >= 11 is 6.20. The first-order chi connectivity index (χ1) is 17.6. The number of hydrogen-bond acceptors (Lipinski definition) is 2. The molecule has 2 aromatic heterocycles. The molecule has 0 fully saturated rings. The van der Waals surface area contributed by atoms with Crippen molar-refractivity contribution in [1.82, 2.24) is 8.97 Å². The first-order valence-electron chi connectivity index (χ1n) is 12.2. The molecular formula is C30H26ClN3O2. The molecule has 0 aliphatic carbocycles. The van der Waals surface area contributed by atoms with Gasteiger partial charge in [0, 0.05) is 34.6 Å². The maximum Gasteiger partial charge on any atom is 0.273 e. The Balaban J connectivity index is 1.60. The highest BCUT2D eigenvalue weighted by molar-refractivity contribution is 6.31. The summed E-state index contributed by atoms with van der Waals surface area (Å²) in [6, 6.07) is 25.6. The number of amides is 1. The number of carbonyl (C=O) groups excluding carboxylic acids is 1. The highest BCUT2D eigenvalue weighted by Crippen LogP contribution is 2.40. The third kappa shape index (κ3) is 3.86. The summed E-state index contributed by atoms with van der Waals surface area (Å²) in [5.74, 6) is 0.621. The number of carbonyl (C=O) groups is 1. The van der Waals surface area contributed by atoms with E-state index in [0.717, 1.165) is 59.6 Å². The molecule has 0 unspecified atom stereocenters. The lowest BCUT2D eigenvalue weighted by molar-refractivity contribution is 0.102. The first kappa shape index (κ1) is 22.5. The van der Waals surface area contributed by atoms with E-state index in [-0.39, 0.29) is 5.91 Å². The summed E-state index contributed by atoms with van der Waals surface area (Å²) in [4.78, 5) is 13.9. The van der Waals surface area contributed by atoms with E-state index in [1.807, 2.05) is 42.5 Å². The molecule has 0 bridgehead atoms. The quantitative estimate of drug-likeness (QED) is 0.277. The monoisotopic (exact) mass is 495 g/mol. The lowest BCUT2D eigenvalue weighted by Gasteiger charge is -2.11. The van der Waals surface area contributed by atoms with Crippen molar-refractivity contribution in [1.29, 1.82) is 0 Å². The molecule has 0 saturated heterocycles. The summed E-state index contributed by atoms with van der Waals surface area (Å²) in [6.07, 6.45) is 5.17. The molecule has 36 heavy (non-hydrogen) atoms. The number of hydrogen-bond donors (Lipinski definition) is 1. The average molecular weight is 496 g/mol. The number of nitrogens with zero attached hydrogens (tertiary/aromatic N) is 2. The van der Waals surface area contributed by atoms with Gasteiger partial charge < -0.3 is 14.6 Å². The van der Waals surface area contributed by atoms with Crippen molar-refractivity contribution in [3.05, 3.63) is 101 Å². The van der Waals surface area contributed by atoms with Gasteiger partial charge in [-0.2, -0.15) is 0 Å². The van der Waals surface area contributed by atoms with Crippen molar-refractivity contribution < 1.29 is 9.53 Å². The van der Waals surface area contributed by atoms with Crippen LogP contribution in [0.2, 0.25) is 5.02 Å². The van der Waals surface area contributed by atoms with E-state index >= 15 is 0 Å². The van der Waals surface area contributed by atoms with E-state index in [4.69, 9.17) is 16.3 Å². The highest BCUT2D eigenvalue weighted by atomic mass is 35.5. The lowest BCUT2D eigenvalue weighted by atomic mass is 9.97. The number of benzene rings is 3. The topological polar surface area (TPSA) is 47.7 Å². The Labute approximate surface area is 214 Å². The summed E-state index contributed by atoms with van der Waals surface area (Å²) in [5, 5.41) is 3.67. The summed E-state index contributed by atoms with van der Waals surface area (Å²) < 4.78 is 9.85. The zero-order valence-corrected chi connectivity index (χ0v) is 20.8. The second-order valence-corrected chi connectivity index (χ2v) is 9.51. The molecule has 1 aliphatic heterocycles. The van der Waals surface area contributed by atoms with Crippen molar-refractivity contribution in [2.45, 2.75) is 25.8 Å². The van der Waals surface area contributed by atoms with Crippen LogP contribution in [-0.2, 0) is 13.0 Å². The standard InChI is InChI=1S/C30H26ClN3O2/c1-36-24-15-13-21(14-16-24)27-25-12-5-6-17-33-26(20-8-3-2-4-9-20)19-34(30(25)33)28(27)29(35)32-23-11-7-10-22(31)18-23/h2-4,7-11,13-16,18-19H,5-6,12,17H2,1H3,(H,32,35). The largest absolute Gasteiger partial charge is 0.497 e. The number of aryl methyl sites for hydroxylation is 2. The third-order valence-electron chi connectivity index (χ3n) is 6.88. The SMILES string of the molecule is COc1ccc(-c2c3c4n(c(-c5ccccc5)cn4c2C(=O)Nc2cccc(Cl)c2)CCCC3)cc1. The van der Waals surface area contributed by atoms with Crippen molar-refractivity contribution in [2.75, 3.05) is 12.4 Å². The number of nitrogens with one attached hydrogen (secondary N) is 1. The summed E-state index contributed by atoms with van der Waals surface area (Å²) in [7, 11) is 1.66. The smallest absolute Gasteiger partial charge is 0.273 e. The van der Waals surface area contributed by atoms with Crippen molar-refractivity contribution in [2.24, 2.45) is 0 Å². The van der Waals surface area contributed by atoms with Crippen LogP contribution in [0.1, 0.15) is 28.9 Å². The van der Waals surface area contributed by atoms with Crippen LogP contribution < -0.4 is 10.1 Å². The van der Waals surface area contributed by atoms with Gasteiger partial charge in [-0.3, -0.25) is 9.20 Å². The fraction of sp³-hybridized carbons (Fsp3) is 0.167. The zero-order chi connectivity index (χ0) is 24.6. The number of anilines is 1. The molecule has 6 rings (SSSR count). The molecule has 5 nitrogen and oxygen atoms in total. The minimum Gasteiger partial charge on any atom is -0.497 e. The predicted molar refractivity (Wildman–Crippen MR) is 145 cm³/mol. The van der Waals surface area contributed by atoms with Crippen LogP contribution in [0.3, 0.4) is 0 Å². The Bertz CT molecular complexity index is 1570. The van der Waals surface area contributed by atoms with E-state index in [1.165, 1.54) is 5.56 Å². The number of ether oxygens (including phenoxy) is 1. The van der Waals surface area contributed by atoms with Gasteiger partial charge in [0.2, 0.25) is 0 Å². The van der Waals surface area contributed by atoms with Crippen LogP contribution >= 0.6 is 11.6 Å². The molecule has 1 N–H and O–H groups in total. The molecule has 180 valence electrons. The van der Waals surface area contributed by atoms with E-state index in [9.17, 15) is 4.79 Å². The number of halogens is 1. The summed E-state index contributed by atoms with van der Waals surface area (Å²) in [5.41, 5.74) is 7.82. The Hall–Kier alpha value is -3.96. The highest BCUT2D eigenvalue weighted by Gasteiger charge is 2.29. The Morgan fingerprint density at radius 1 is 0.944 bits per heavy atom. The lowest BCUT2D eigenvalue weighted by Crippen LogP contribution is -2.15. The first-order valence-corrected chi connectivity index (χ1v) is 12.5. The van der Waals surface area contributed by atoms with Gasteiger partial charge in [0.1, 0.15) is 17.1 Å². The Morgan fingerprint density at radius 3 is 2.50 bits per heavy atom. The molecular weight excluding hydrogens is 470 g/mol. The molecule has 0 saturated carbocycles. The third-order valence-corrected chi connectivity index (χ3v) is 7.11. The predicted octanol–water partition coefficient (Wildman–Crippen LogP) is 7.33. The second kappa shape index (κ2) is 9.25. The second-order valence-electron chi connectivity index (χ2n) is 9.08. The van der Waals surface area contributed by atoms with Crippen LogP contribution in [0.25, 0.3) is 28.0 Å². The fourth-order valence-electron chi connectivity index (χ4n) is 5.27. The van der Waals surface area contributed by atoms with Crippen molar-refractivity contribution >= 4 is 28.8 Å². The van der Waals surface area contributed by atoms with Gasteiger partial charge in [-0.1, -0.05) is 60.1 Å². The van der Waals surface area contributed by atoms with E-state index in [2.05, 4.69) is 44.7 Å². The maximum atomic E-state index is 13.9. The normalized spacial score (nSPS) is 12.9. The minimum atomic E-state index is -0.165. The maximum absolute atomic E-state index is 13.9. The van der Waals surface area contributed by atoms with Gasteiger partial charge in [-0.05, 0) is 60.7 Å². The number of methoxy groups -OCH3 is 1.